The Kier molecular flexibility index (Phi) is 9.31. The molecule has 1 aromatic heterocycles. The largest absolute Gasteiger partial charge is 0.491 e. The van der Waals surface area contributed by atoms with Crippen molar-refractivity contribution >= 4 is 33.6 Å². The molecule has 13 heteroatoms. The third kappa shape index (κ3) is 8.27. The molecular formula is C23H34N8O4S. The Morgan fingerprint density at radius 1 is 1.22 bits per heavy atom. The first-order chi connectivity index (χ1) is 17.1. The maximum absolute atomic E-state index is 11.1. The number of rotatable bonds is 12. The number of hydrogen-bond donors (Lipinski definition) is 3. The number of nitrogens with one attached hydrogen (secondary N) is 2. The van der Waals surface area contributed by atoms with Crippen LogP contribution in [-0.4, -0.2) is 81.2 Å². The number of nitrogen functional groups attached to an aromatic ring is 1. The number of ether oxygens (including phenoxy) is 1. The van der Waals surface area contributed by atoms with Crippen molar-refractivity contribution in [1.82, 2.24) is 19.6 Å². The second-order valence-electron chi connectivity index (χ2n) is 8.47. The number of piperazine rings is 1. The SMILES string of the molecule is C=C(Nc1ccc(OC(C)C)cc1)N1CCN(c2ncnc(N)c2/C=N/OCCNS(C)(=O)=O)CC1. The molecule has 3 rings (SSSR count). The number of anilines is 3. The van der Waals surface area contributed by atoms with Crippen LogP contribution in [0.4, 0.5) is 17.3 Å². The fourth-order valence-electron chi connectivity index (χ4n) is 3.51. The third-order valence-electron chi connectivity index (χ3n) is 5.18. The molecular weight excluding hydrogens is 484 g/mol. The monoisotopic (exact) mass is 518 g/mol. The van der Waals surface area contributed by atoms with Gasteiger partial charge in [-0.25, -0.2) is 23.1 Å². The van der Waals surface area contributed by atoms with Gasteiger partial charge in [0.25, 0.3) is 0 Å². The Morgan fingerprint density at radius 2 is 1.92 bits per heavy atom. The molecule has 0 atom stereocenters. The molecule has 0 radical (unpaired) electrons. The van der Waals surface area contributed by atoms with Crippen molar-refractivity contribution in [2.75, 3.05) is 61.5 Å². The van der Waals surface area contributed by atoms with Gasteiger partial charge in [-0.05, 0) is 38.1 Å². The summed E-state index contributed by atoms with van der Waals surface area (Å²) >= 11 is 0. The number of aromatic nitrogens is 2. The Morgan fingerprint density at radius 3 is 2.56 bits per heavy atom. The summed E-state index contributed by atoms with van der Waals surface area (Å²) < 4.78 is 30.2. The van der Waals surface area contributed by atoms with Crippen LogP contribution in [0.3, 0.4) is 0 Å². The van der Waals surface area contributed by atoms with E-state index in [1.54, 1.807) is 0 Å². The van der Waals surface area contributed by atoms with Gasteiger partial charge in [-0.2, -0.15) is 0 Å². The van der Waals surface area contributed by atoms with Gasteiger partial charge >= 0.3 is 0 Å². The number of benzene rings is 1. The van der Waals surface area contributed by atoms with Crippen LogP contribution in [0.1, 0.15) is 19.4 Å². The van der Waals surface area contributed by atoms with Crippen molar-refractivity contribution in [2.45, 2.75) is 20.0 Å². The molecule has 0 aliphatic carbocycles. The third-order valence-corrected chi connectivity index (χ3v) is 5.91. The summed E-state index contributed by atoms with van der Waals surface area (Å²) in [4.78, 5) is 17.9. The van der Waals surface area contributed by atoms with Gasteiger partial charge in [0.15, 0.2) is 0 Å². The van der Waals surface area contributed by atoms with Crippen LogP contribution in [0.15, 0.2) is 48.1 Å². The number of nitrogens with two attached hydrogens (primary N) is 1. The maximum Gasteiger partial charge on any atom is 0.208 e. The summed E-state index contributed by atoms with van der Waals surface area (Å²) in [5, 5.41) is 7.25. The summed E-state index contributed by atoms with van der Waals surface area (Å²) in [6.07, 6.45) is 4.07. The molecule has 1 aliphatic heterocycles. The minimum atomic E-state index is -3.27. The van der Waals surface area contributed by atoms with Crippen LogP contribution < -0.4 is 25.4 Å². The van der Waals surface area contributed by atoms with E-state index in [1.807, 2.05) is 38.1 Å². The molecule has 12 nitrogen and oxygen atoms in total. The Hall–Kier alpha value is -3.58. The molecule has 2 heterocycles. The molecule has 0 bridgehead atoms. The number of oxime groups is 1. The maximum atomic E-state index is 11.1. The molecule has 4 N–H and O–H groups in total. The predicted molar refractivity (Wildman–Crippen MR) is 142 cm³/mol. The minimum absolute atomic E-state index is 0.0771. The van der Waals surface area contributed by atoms with Gasteiger partial charge in [0, 0.05) is 38.4 Å². The lowest BCUT2D eigenvalue weighted by atomic mass is 10.2. The Bertz CT molecular complexity index is 1150. The van der Waals surface area contributed by atoms with Crippen LogP contribution in [0, 0.1) is 0 Å². The predicted octanol–water partition coefficient (Wildman–Crippen LogP) is 1.45. The molecule has 1 fully saturated rings. The van der Waals surface area contributed by atoms with Gasteiger partial charge in [0.1, 0.15) is 30.3 Å². The van der Waals surface area contributed by atoms with Gasteiger partial charge in [0.2, 0.25) is 10.0 Å². The Labute approximate surface area is 212 Å². The fourth-order valence-corrected chi connectivity index (χ4v) is 3.97. The standard InChI is InChI=1S/C23H34N8O4S/c1-17(2)35-20-7-5-19(6-8-20)29-18(3)30-10-12-31(13-11-30)23-21(22(24)25-16-26-23)15-27-34-14-9-28-36(4,32)33/h5-8,15-17,28-29H,3,9-14H2,1-2,4H3,(H2,24,25,26)/b27-15+. The zero-order valence-electron chi connectivity index (χ0n) is 20.8. The molecule has 0 saturated carbocycles. The van der Waals surface area contributed by atoms with Crippen LogP contribution in [0.25, 0.3) is 0 Å². The molecule has 2 aromatic rings. The highest BCUT2D eigenvalue weighted by molar-refractivity contribution is 7.88. The summed E-state index contributed by atoms with van der Waals surface area (Å²) in [6.45, 7) is 11.2. The van der Waals surface area contributed by atoms with Crippen LogP contribution >= 0.6 is 0 Å². The van der Waals surface area contributed by atoms with Crippen LogP contribution in [0.5, 0.6) is 5.75 Å². The number of sulfonamides is 1. The van der Waals surface area contributed by atoms with E-state index in [0.29, 0.717) is 24.5 Å². The highest BCUT2D eigenvalue weighted by Crippen LogP contribution is 2.23. The zero-order valence-corrected chi connectivity index (χ0v) is 21.7. The molecule has 36 heavy (non-hydrogen) atoms. The average Bonchev–Trinajstić information content (AvgIpc) is 2.82. The summed E-state index contributed by atoms with van der Waals surface area (Å²) in [5.74, 6) is 2.57. The lowest BCUT2D eigenvalue weighted by Gasteiger charge is -2.38. The average molecular weight is 519 g/mol. The fraction of sp³-hybridized carbons (Fsp3) is 0.435. The second-order valence-corrected chi connectivity index (χ2v) is 10.3. The summed E-state index contributed by atoms with van der Waals surface area (Å²) in [7, 11) is -3.27. The van der Waals surface area contributed by atoms with E-state index in [-0.39, 0.29) is 25.1 Å². The van der Waals surface area contributed by atoms with E-state index in [4.69, 9.17) is 15.3 Å². The van der Waals surface area contributed by atoms with Crippen LogP contribution in [-0.2, 0) is 14.9 Å². The topological polar surface area (TPSA) is 147 Å². The molecule has 0 amide bonds. The van der Waals surface area contributed by atoms with Gasteiger partial charge < -0.3 is 30.4 Å². The lowest BCUT2D eigenvalue weighted by Crippen LogP contribution is -2.47. The summed E-state index contributed by atoms with van der Waals surface area (Å²) in [5.41, 5.74) is 7.55. The van der Waals surface area contributed by atoms with Crippen molar-refractivity contribution in [3.05, 3.63) is 48.6 Å². The van der Waals surface area contributed by atoms with E-state index in [2.05, 4.69) is 41.5 Å². The molecule has 1 aromatic carbocycles. The lowest BCUT2D eigenvalue weighted by molar-refractivity contribution is 0.151. The van der Waals surface area contributed by atoms with Gasteiger partial charge in [-0.15, -0.1) is 0 Å². The van der Waals surface area contributed by atoms with Crippen molar-refractivity contribution < 1.29 is 18.0 Å². The quantitative estimate of drug-likeness (QED) is 0.214. The zero-order chi connectivity index (χ0) is 26.1. The molecule has 196 valence electrons. The van der Waals surface area contributed by atoms with E-state index in [1.165, 1.54) is 12.5 Å². The van der Waals surface area contributed by atoms with E-state index in [0.717, 1.165) is 36.6 Å². The van der Waals surface area contributed by atoms with Crippen molar-refractivity contribution in [1.29, 1.82) is 0 Å². The summed E-state index contributed by atoms with van der Waals surface area (Å²) in [6, 6.07) is 7.80. The first-order valence-corrected chi connectivity index (χ1v) is 13.4. The number of hydrogen-bond acceptors (Lipinski definition) is 11. The van der Waals surface area contributed by atoms with Crippen LogP contribution in [0.2, 0.25) is 0 Å². The van der Waals surface area contributed by atoms with E-state index in [9.17, 15) is 8.42 Å². The van der Waals surface area contributed by atoms with E-state index < -0.39 is 10.0 Å². The van der Waals surface area contributed by atoms with Gasteiger partial charge in [-0.1, -0.05) is 11.7 Å². The first-order valence-electron chi connectivity index (χ1n) is 11.6. The first kappa shape index (κ1) is 27.0. The highest BCUT2D eigenvalue weighted by atomic mass is 32.2. The second kappa shape index (κ2) is 12.4. The highest BCUT2D eigenvalue weighted by Gasteiger charge is 2.22. The number of nitrogens with zero attached hydrogens (tertiary/aromatic N) is 5. The normalized spacial score (nSPS) is 14.3. The molecule has 0 unspecified atom stereocenters. The molecule has 1 aliphatic rings. The minimum Gasteiger partial charge on any atom is -0.491 e. The van der Waals surface area contributed by atoms with Gasteiger partial charge in [-0.3, -0.25) is 0 Å². The van der Waals surface area contributed by atoms with Gasteiger partial charge in [0.05, 0.1) is 30.0 Å². The van der Waals surface area contributed by atoms with E-state index >= 15 is 0 Å². The van der Waals surface area contributed by atoms with Crippen molar-refractivity contribution in [3.8, 4) is 5.75 Å². The molecule has 1 saturated heterocycles. The van der Waals surface area contributed by atoms with Crippen molar-refractivity contribution in [2.24, 2.45) is 5.16 Å². The Balaban J connectivity index is 1.54. The molecule has 0 spiro atoms. The van der Waals surface area contributed by atoms with Crippen molar-refractivity contribution in [3.63, 3.8) is 0 Å². The smallest absolute Gasteiger partial charge is 0.208 e.